The van der Waals surface area contributed by atoms with E-state index < -0.39 is 0 Å². The lowest BCUT2D eigenvalue weighted by Crippen LogP contribution is -2.22. The number of benzene rings is 3. The van der Waals surface area contributed by atoms with Crippen molar-refractivity contribution in [3.05, 3.63) is 101 Å². The van der Waals surface area contributed by atoms with Gasteiger partial charge in [0.25, 0.3) is 0 Å². The van der Waals surface area contributed by atoms with Crippen LogP contribution in [0.1, 0.15) is 34.8 Å². The third kappa shape index (κ3) is 6.74. The molecule has 3 heteroatoms. The molecule has 0 aliphatic carbocycles. The fraction of sp³-hybridized carbons (Fsp3) is 0.308. The molecule has 152 valence electrons. The Balaban J connectivity index is 1.42. The van der Waals surface area contributed by atoms with E-state index in [1.54, 1.807) is 7.11 Å². The lowest BCUT2D eigenvalue weighted by atomic mass is 10.0. The third-order valence-electron chi connectivity index (χ3n) is 5.02. The maximum absolute atomic E-state index is 6.27. The van der Waals surface area contributed by atoms with Crippen LogP contribution < -0.4 is 10.1 Å². The number of ether oxygens (including phenoxy) is 2. The van der Waals surface area contributed by atoms with Gasteiger partial charge < -0.3 is 14.8 Å². The molecule has 0 aliphatic heterocycles. The van der Waals surface area contributed by atoms with Gasteiger partial charge in [0.1, 0.15) is 11.9 Å². The Labute approximate surface area is 174 Å². The average Bonchev–Trinajstić information content (AvgIpc) is 2.77. The molecule has 0 heterocycles. The smallest absolute Gasteiger partial charge is 0.118 e. The highest BCUT2D eigenvalue weighted by Gasteiger charge is 2.14. The standard InChI is InChI=1S/C26H31NO2/c1-21-10-14-24(15-11-21)26(23-8-4-3-5-9-23)29-20-19-27-18-6-7-22-12-16-25(28-2)17-13-22/h3-5,8-17,26-27H,6-7,18-20H2,1-2H3. The van der Waals surface area contributed by atoms with Gasteiger partial charge in [-0.1, -0.05) is 72.3 Å². The summed E-state index contributed by atoms with van der Waals surface area (Å²) < 4.78 is 11.5. The quantitative estimate of drug-likeness (QED) is 0.450. The Hall–Kier alpha value is -2.62. The second-order valence-electron chi connectivity index (χ2n) is 7.27. The molecule has 3 aromatic carbocycles. The van der Waals surface area contributed by atoms with Crippen molar-refractivity contribution in [2.24, 2.45) is 0 Å². The van der Waals surface area contributed by atoms with E-state index in [-0.39, 0.29) is 6.10 Å². The number of hydrogen-bond donors (Lipinski definition) is 1. The highest BCUT2D eigenvalue weighted by molar-refractivity contribution is 5.32. The van der Waals surface area contributed by atoms with Gasteiger partial charge in [-0.2, -0.15) is 0 Å². The predicted octanol–water partition coefficient (Wildman–Crippen LogP) is 5.33. The molecule has 3 nitrogen and oxygen atoms in total. The van der Waals surface area contributed by atoms with Gasteiger partial charge in [0.2, 0.25) is 0 Å². The third-order valence-corrected chi connectivity index (χ3v) is 5.02. The summed E-state index contributed by atoms with van der Waals surface area (Å²) in [5, 5.41) is 3.50. The molecule has 0 amide bonds. The molecule has 0 spiro atoms. The van der Waals surface area contributed by atoms with Gasteiger partial charge in [0.15, 0.2) is 0 Å². The fourth-order valence-electron chi connectivity index (χ4n) is 3.34. The van der Waals surface area contributed by atoms with Gasteiger partial charge in [-0.25, -0.2) is 0 Å². The molecule has 0 saturated heterocycles. The zero-order valence-electron chi connectivity index (χ0n) is 17.4. The van der Waals surface area contributed by atoms with Crippen LogP contribution in [0.15, 0.2) is 78.9 Å². The van der Waals surface area contributed by atoms with Crippen LogP contribution in [0.5, 0.6) is 5.75 Å². The number of methoxy groups -OCH3 is 1. The van der Waals surface area contributed by atoms with E-state index in [0.29, 0.717) is 6.61 Å². The minimum atomic E-state index is -0.0297. The van der Waals surface area contributed by atoms with Gasteiger partial charge in [0, 0.05) is 6.54 Å². The van der Waals surface area contributed by atoms with Gasteiger partial charge in [-0.3, -0.25) is 0 Å². The van der Waals surface area contributed by atoms with Crippen LogP contribution >= 0.6 is 0 Å². The SMILES string of the molecule is COc1ccc(CCCNCCOC(c2ccccc2)c2ccc(C)cc2)cc1. The van der Waals surface area contributed by atoms with Crippen LogP contribution in [0.4, 0.5) is 0 Å². The van der Waals surface area contributed by atoms with E-state index in [1.807, 2.05) is 18.2 Å². The molecule has 0 aliphatic rings. The lowest BCUT2D eigenvalue weighted by molar-refractivity contribution is 0.0821. The first-order valence-corrected chi connectivity index (χ1v) is 10.3. The summed E-state index contributed by atoms with van der Waals surface area (Å²) in [5.74, 6) is 0.908. The van der Waals surface area contributed by atoms with Crippen molar-refractivity contribution in [3.63, 3.8) is 0 Å². The summed E-state index contributed by atoms with van der Waals surface area (Å²) in [5.41, 5.74) is 4.99. The summed E-state index contributed by atoms with van der Waals surface area (Å²) in [7, 11) is 1.70. The molecule has 0 bridgehead atoms. The van der Waals surface area contributed by atoms with E-state index in [4.69, 9.17) is 9.47 Å². The lowest BCUT2D eigenvalue weighted by Gasteiger charge is -2.19. The Morgan fingerprint density at radius 3 is 2.17 bits per heavy atom. The van der Waals surface area contributed by atoms with Crippen LogP contribution in [0.3, 0.4) is 0 Å². The molecule has 0 aromatic heterocycles. The van der Waals surface area contributed by atoms with E-state index in [2.05, 4.69) is 72.9 Å². The number of nitrogens with one attached hydrogen (secondary N) is 1. The summed E-state index contributed by atoms with van der Waals surface area (Å²) >= 11 is 0. The molecule has 0 saturated carbocycles. The summed E-state index contributed by atoms with van der Waals surface area (Å²) in [6.07, 6.45) is 2.14. The van der Waals surface area contributed by atoms with E-state index in [1.165, 1.54) is 22.3 Å². The van der Waals surface area contributed by atoms with Crippen molar-refractivity contribution in [2.75, 3.05) is 26.8 Å². The largest absolute Gasteiger partial charge is 0.497 e. The minimum absolute atomic E-state index is 0.0297. The van der Waals surface area contributed by atoms with Crippen molar-refractivity contribution in [2.45, 2.75) is 25.9 Å². The van der Waals surface area contributed by atoms with Crippen LogP contribution in [0.2, 0.25) is 0 Å². The maximum Gasteiger partial charge on any atom is 0.118 e. The zero-order chi connectivity index (χ0) is 20.3. The molecular formula is C26H31NO2. The molecule has 0 radical (unpaired) electrons. The average molecular weight is 390 g/mol. The van der Waals surface area contributed by atoms with Gasteiger partial charge in [-0.15, -0.1) is 0 Å². The zero-order valence-corrected chi connectivity index (χ0v) is 17.4. The molecule has 0 fully saturated rings. The highest BCUT2D eigenvalue weighted by atomic mass is 16.5. The van der Waals surface area contributed by atoms with E-state index in [0.717, 1.165) is 31.7 Å². The molecular weight excluding hydrogens is 358 g/mol. The topological polar surface area (TPSA) is 30.5 Å². The summed E-state index contributed by atoms with van der Waals surface area (Å²) in [6, 6.07) is 27.4. The summed E-state index contributed by atoms with van der Waals surface area (Å²) in [6.45, 7) is 4.61. The van der Waals surface area contributed by atoms with Gasteiger partial charge >= 0.3 is 0 Å². The number of aryl methyl sites for hydroxylation is 2. The molecule has 3 rings (SSSR count). The normalized spacial score (nSPS) is 11.9. The molecule has 1 atom stereocenters. The first-order valence-electron chi connectivity index (χ1n) is 10.3. The second-order valence-corrected chi connectivity index (χ2v) is 7.27. The van der Waals surface area contributed by atoms with E-state index >= 15 is 0 Å². The predicted molar refractivity (Wildman–Crippen MR) is 120 cm³/mol. The Kier molecular flexibility index (Phi) is 8.29. The fourth-order valence-corrected chi connectivity index (χ4v) is 3.34. The van der Waals surface area contributed by atoms with Gasteiger partial charge in [0.05, 0.1) is 13.7 Å². The van der Waals surface area contributed by atoms with Crippen LogP contribution in [0, 0.1) is 6.92 Å². The number of hydrogen-bond acceptors (Lipinski definition) is 3. The van der Waals surface area contributed by atoms with Crippen molar-refractivity contribution >= 4 is 0 Å². The van der Waals surface area contributed by atoms with Crippen LogP contribution in [-0.4, -0.2) is 26.8 Å². The van der Waals surface area contributed by atoms with Crippen molar-refractivity contribution in [1.29, 1.82) is 0 Å². The molecule has 1 unspecified atom stereocenters. The molecule has 3 aromatic rings. The molecule has 1 N–H and O–H groups in total. The summed E-state index contributed by atoms with van der Waals surface area (Å²) in [4.78, 5) is 0. The second kappa shape index (κ2) is 11.4. The van der Waals surface area contributed by atoms with E-state index in [9.17, 15) is 0 Å². The van der Waals surface area contributed by atoms with Crippen molar-refractivity contribution < 1.29 is 9.47 Å². The minimum Gasteiger partial charge on any atom is -0.497 e. The maximum atomic E-state index is 6.27. The van der Waals surface area contributed by atoms with Crippen molar-refractivity contribution in [3.8, 4) is 5.75 Å². The van der Waals surface area contributed by atoms with Crippen molar-refractivity contribution in [1.82, 2.24) is 5.32 Å². The molecule has 29 heavy (non-hydrogen) atoms. The Morgan fingerprint density at radius 2 is 1.48 bits per heavy atom. The highest BCUT2D eigenvalue weighted by Crippen LogP contribution is 2.26. The number of rotatable bonds is 11. The van der Waals surface area contributed by atoms with Gasteiger partial charge in [-0.05, 0) is 55.1 Å². The first-order chi connectivity index (χ1) is 14.3. The van der Waals surface area contributed by atoms with Crippen LogP contribution in [-0.2, 0) is 11.2 Å². The Morgan fingerprint density at radius 1 is 0.793 bits per heavy atom. The van der Waals surface area contributed by atoms with Crippen LogP contribution in [0.25, 0.3) is 0 Å². The Bertz CT molecular complexity index is 829. The monoisotopic (exact) mass is 389 g/mol. The first kappa shape index (κ1) is 21.1.